The van der Waals surface area contributed by atoms with E-state index in [-0.39, 0.29) is 37.0 Å². The van der Waals surface area contributed by atoms with Crippen molar-refractivity contribution in [2.75, 3.05) is 13.1 Å². The van der Waals surface area contributed by atoms with Crippen LogP contribution in [0.2, 0.25) is 0 Å². The topological polar surface area (TPSA) is 75.4 Å². The van der Waals surface area contributed by atoms with Crippen LogP contribution in [0, 0.1) is 0 Å². The predicted octanol–water partition coefficient (Wildman–Crippen LogP) is 0.796. The monoisotopic (exact) mass is 325 g/mol. The van der Waals surface area contributed by atoms with E-state index in [4.69, 9.17) is 5.73 Å². The van der Waals surface area contributed by atoms with Gasteiger partial charge in [-0.25, -0.2) is 0 Å². The highest BCUT2D eigenvalue weighted by molar-refractivity contribution is 9.10. The van der Waals surface area contributed by atoms with Crippen LogP contribution in [0.25, 0.3) is 0 Å². The largest absolute Gasteiger partial charge is 0.326 e. The Morgan fingerprint density at radius 3 is 2.47 bits per heavy atom. The van der Waals surface area contributed by atoms with E-state index in [1.54, 1.807) is 0 Å². The van der Waals surface area contributed by atoms with Gasteiger partial charge >= 0.3 is 0 Å². The summed E-state index contributed by atoms with van der Waals surface area (Å²) in [6.45, 7) is 2.25. The number of nitrogens with zero attached hydrogens (tertiary/aromatic N) is 1. The molecule has 0 bridgehead atoms. The lowest BCUT2D eigenvalue weighted by molar-refractivity contribution is -0.137. The highest BCUT2D eigenvalue weighted by Gasteiger charge is 2.31. The molecular weight excluding hydrogens is 310 g/mol. The summed E-state index contributed by atoms with van der Waals surface area (Å²) >= 11 is 3.42. The maximum absolute atomic E-state index is 11.5. The Hall–Kier alpha value is -1.24. The molecule has 0 saturated carbocycles. The minimum absolute atomic E-state index is 0.160. The number of imide groups is 1. The zero-order valence-corrected chi connectivity index (χ0v) is 12.2. The van der Waals surface area contributed by atoms with Crippen molar-refractivity contribution in [3.63, 3.8) is 0 Å². The number of hydrogen-bond donors (Lipinski definition) is 2. The summed E-state index contributed by atoms with van der Waals surface area (Å²) in [7, 11) is 0. The first-order valence-electron chi connectivity index (χ1n) is 6.05. The zero-order valence-electron chi connectivity index (χ0n) is 10.6. The van der Waals surface area contributed by atoms with Gasteiger partial charge in [-0.2, -0.15) is 0 Å². The van der Waals surface area contributed by atoms with Crippen LogP contribution < -0.4 is 11.1 Å². The molecule has 2 atom stereocenters. The van der Waals surface area contributed by atoms with Gasteiger partial charge in [-0.3, -0.25) is 19.8 Å². The molecule has 2 unspecified atom stereocenters. The van der Waals surface area contributed by atoms with Gasteiger partial charge in [0, 0.05) is 10.5 Å². The first-order chi connectivity index (χ1) is 8.97. The smallest absolute Gasteiger partial charge is 0.240 e. The quantitative estimate of drug-likeness (QED) is 0.806. The van der Waals surface area contributed by atoms with Crippen LogP contribution in [-0.2, 0) is 9.59 Å². The number of piperazine rings is 1. The number of rotatable bonds is 3. The summed E-state index contributed by atoms with van der Waals surface area (Å²) in [6, 6.07) is 7.41. The van der Waals surface area contributed by atoms with Gasteiger partial charge in [0.2, 0.25) is 11.8 Å². The fourth-order valence-corrected chi connectivity index (χ4v) is 2.81. The van der Waals surface area contributed by atoms with E-state index < -0.39 is 0 Å². The normalized spacial score (nSPS) is 19.9. The molecule has 0 radical (unpaired) electrons. The Morgan fingerprint density at radius 1 is 1.32 bits per heavy atom. The number of carbonyl (C=O) groups is 2. The lowest BCUT2D eigenvalue weighted by Gasteiger charge is -2.35. The van der Waals surface area contributed by atoms with E-state index in [2.05, 4.69) is 21.2 Å². The summed E-state index contributed by atoms with van der Waals surface area (Å²) in [5, 5.41) is 2.30. The summed E-state index contributed by atoms with van der Waals surface area (Å²) < 4.78 is 0.948. The number of nitrogens with two attached hydrogens (primary N) is 1. The van der Waals surface area contributed by atoms with Crippen LogP contribution in [-0.4, -0.2) is 35.8 Å². The van der Waals surface area contributed by atoms with Crippen LogP contribution in [0.1, 0.15) is 18.5 Å². The Morgan fingerprint density at radius 2 is 1.95 bits per heavy atom. The van der Waals surface area contributed by atoms with Crippen LogP contribution in [0.4, 0.5) is 0 Å². The van der Waals surface area contributed by atoms with Gasteiger partial charge in [0.25, 0.3) is 0 Å². The van der Waals surface area contributed by atoms with Gasteiger partial charge in [0.05, 0.1) is 19.1 Å². The number of halogens is 1. The SMILES string of the molecule is CC(N)C(c1cccc(Br)c1)N1CC(=O)NC(=O)C1. The van der Waals surface area contributed by atoms with Crippen molar-refractivity contribution in [2.24, 2.45) is 5.73 Å². The van der Waals surface area contributed by atoms with E-state index in [0.717, 1.165) is 10.0 Å². The van der Waals surface area contributed by atoms with Crippen molar-refractivity contribution in [1.82, 2.24) is 10.2 Å². The Kier molecular flexibility index (Phi) is 4.34. The van der Waals surface area contributed by atoms with E-state index in [0.29, 0.717) is 0 Å². The fourth-order valence-electron chi connectivity index (χ4n) is 2.39. The Labute approximate surface area is 120 Å². The number of benzene rings is 1. The molecule has 1 saturated heterocycles. The van der Waals surface area contributed by atoms with E-state index in [1.807, 2.05) is 36.1 Å². The third kappa shape index (κ3) is 3.40. The number of carbonyl (C=O) groups excluding carboxylic acids is 2. The number of amides is 2. The summed E-state index contributed by atoms with van der Waals surface area (Å²) in [5.74, 6) is -0.561. The lowest BCUT2D eigenvalue weighted by atomic mass is 9.98. The average molecular weight is 326 g/mol. The molecular formula is C13H16BrN3O2. The van der Waals surface area contributed by atoms with Crippen molar-refractivity contribution < 1.29 is 9.59 Å². The molecule has 1 aliphatic rings. The molecule has 0 spiro atoms. The molecule has 102 valence electrons. The van der Waals surface area contributed by atoms with Crippen molar-refractivity contribution in [3.8, 4) is 0 Å². The molecule has 0 aliphatic carbocycles. The molecule has 1 fully saturated rings. The lowest BCUT2D eigenvalue weighted by Crippen LogP contribution is -2.54. The number of nitrogens with one attached hydrogen (secondary N) is 1. The first-order valence-corrected chi connectivity index (χ1v) is 6.84. The van der Waals surface area contributed by atoms with Gasteiger partial charge in [-0.1, -0.05) is 28.1 Å². The highest BCUT2D eigenvalue weighted by Crippen LogP contribution is 2.26. The van der Waals surface area contributed by atoms with Crippen molar-refractivity contribution in [2.45, 2.75) is 19.0 Å². The Bertz CT molecular complexity index is 488. The molecule has 1 aliphatic heterocycles. The van der Waals surface area contributed by atoms with Crippen LogP contribution in [0.5, 0.6) is 0 Å². The van der Waals surface area contributed by atoms with E-state index in [9.17, 15) is 9.59 Å². The average Bonchev–Trinajstić information content (AvgIpc) is 2.27. The van der Waals surface area contributed by atoms with Crippen molar-refractivity contribution in [3.05, 3.63) is 34.3 Å². The molecule has 6 heteroatoms. The maximum atomic E-state index is 11.5. The van der Waals surface area contributed by atoms with Gasteiger partial charge in [0.1, 0.15) is 0 Å². The Balaban J connectivity index is 2.30. The second-order valence-electron chi connectivity index (χ2n) is 4.74. The maximum Gasteiger partial charge on any atom is 0.240 e. The second-order valence-corrected chi connectivity index (χ2v) is 5.65. The summed E-state index contributed by atoms with van der Waals surface area (Å²) in [6.07, 6.45) is 0. The van der Waals surface area contributed by atoms with Crippen molar-refractivity contribution in [1.29, 1.82) is 0 Å². The molecule has 19 heavy (non-hydrogen) atoms. The third-order valence-corrected chi connectivity index (χ3v) is 3.55. The highest BCUT2D eigenvalue weighted by atomic mass is 79.9. The zero-order chi connectivity index (χ0) is 14.0. The van der Waals surface area contributed by atoms with E-state index in [1.165, 1.54) is 0 Å². The minimum Gasteiger partial charge on any atom is -0.326 e. The molecule has 2 rings (SSSR count). The molecule has 1 heterocycles. The van der Waals surface area contributed by atoms with Gasteiger partial charge < -0.3 is 5.73 Å². The third-order valence-electron chi connectivity index (χ3n) is 3.05. The standard InChI is InChI=1S/C13H16BrN3O2/c1-8(15)13(9-3-2-4-10(14)5-9)17-6-11(18)16-12(19)7-17/h2-5,8,13H,6-7,15H2,1H3,(H,16,18,19). The van der Waals surface area contributed by atoms with Gasteiger partial charge in [0.15, 0.2) is 0 Å². The molecule has 2 amide bonds. The van der Waals surface area contributed by atoms with Crippen LogP contribution in [0.3, 0.4) is 0 Å². The molecule has 5 nitrogen and oxygen atoms in total. The predicted molar refractivity (Wildman–Crippen MR) is 75.3 cm³/mol. The molecule has 0 aromatic heterocycles. The van der Waals surface area contributed by atoms with Gasteiger partial charge in [-0.05, 0) is 24.6 Å². The minimum atomic E-state index is -0.281. The molecule has 1 aromatic carbocycles. The van der Waals surface area contributed by atoms with Crippen LogP contribution in [0.15, 0.2) is 28.7 Å². The van der Waals surface area contributed by atoms with Crippen molar-refractivity contribution >= 4 is 27.7 Å². The molecule has 1 aromatic rings. The second kappa shape index (κ2) is 5.81. The first kappa shape index (κ1) is 14.2. The van der Waals surface area contributed by atoms with Crippen LogP contribution >= 0.6 is 15.9 Å². The fraction of sp³-hybridized carbons (Fsp3) is 0.385. The summed E-state index contributed by atoms with van der Waals surface area (Å²) in [5.41, 5.74) is 7.03. The van der Waals surface area contributed by atoms with E-state index >= 15 is 0 Å². The summed E-state index contributed by atoms with van der Waals surface area (Å²) in [4.78, 5) is 24.8. The molecule has 3 N–H and O–H groups in total. The number of hydrogen-bond acceptors (Lipinski definition) is 4. The van der Waals surface area contributed by atoms with Gasteiger partial charge in [-0.15, -0.1) is 0 Å².